The van der Waals surface area contributed by atoms with Crippen LogP contribution in [0.2, 0.25) is 0 Å². The van der Waals surface area contributed by atoms with E-state index in [-0.39, 0.29) is 10.8 Å². The molecule has 0 N–H and O–H groups in total. The lowest BCUT2D eigenvalue weighted by molar-refractivity contribution is -0.0399. The van der Waals surface area contributed by atoms with Gasteiger partial charge >= 0.3 is 0 Å². The van der Waals surface area contributed by atoms with Gasteiger partial charge in [0.25, 0.3) is 0 Å². The summed E-state index contributed by atoms with van der Waals surface area (Å²) in [6.45, 7) is 4.80. The lowest BCUT2D eigenvalue weighted by Crippen LogP contribution is -2.55. The molecule has 0 aliphatic heterocycles. The molecule has 1 aromatic heterocycles. The number of benzene rings is 7. The summed E-state index contributed by atoms with van der Waals surface area (Å²) in [5.41, 5.74) is 18.1. The Morgan fingerprint density at radius 1 is 0.456 bits per heavy atom. The molecule has 0 amide bonds. The number of rotatable bonds is 4. The van der Waals surface area contributed by atoms with Gasteiger partial charge in [0, 0.05) is 48.1 Å². The Morgan fingerprint density at radius 2 is 1.09 bits per heavy atom. The fourth-order valence-electron chi connectivity index (χ4n) is 13.4. The highest BCUT2D eigenvalue weighted by molar-refractivity contribution is 7.25. The van der Waals surface area contributed by atoms with E-state index in [1.54, 1.807) is 11.1 Å². The highest BCUT2D eigenvalue weighted by Crippen LogP contribution is 2.70. The summed E-state index contributed by atoms with van der Waals surface area (Å²) in [5.74, 6) is 3.27. The summed E-state index contributed by atoms with van der Waals surface area (Å²) >= 11 is 1.91. The van der Waals surface area contributed by atoms with Crippen molar-refractivity contribution in [2.24, 2.45) is 23.7 Å². The molecule has 1 nitrogen and oxygen atoms in total. The third kappa shape index (κ3) is 4.35. The van der Waals surface area contributed by atoms with Crippen LogP contribution < -0.4 is 4.90 Å². The number of hydrogen-bond donors (Lipinski definition) is 0. The molecule has 4 fully saturated rings. The normalized spacial score (nSPS) is 24.2. The van der Waals surface area contributed by atoms with Gasteiger partial charge in [0.2, 0.25) is 0 Å². The number of hydrogen-bond acceptors (Lipinski definition) is 2. The third-order valence-electron chi connectivity index (χ3n) is 15.4. The van der Waals surface area contributed by atoms with Crippen LogP contribution in [0.15, 0.2) is 152 Å². The summed E-state index contributed by atoms with van der Waals surface area (Å²) in [6, 6.07) is 58.5. The van der Waals surface area contributed by atoms with E-state index in [4.69, 9.17) is 0 Å². The predicted molar refractivity (Wildman–Crippen MR) is 240 cm³/mol. The van der Waals surface area contributed by atoms with Gasteiger partial charge in [-0.3, -0.25) is 0 Å². The van der Waals surface area contributed by atoms with Crippen molar-refractivity contribution in [3.8, 4) is 33.4 Å². The molecule has 0 unspecified atom stereocenters. The molecule has 1 heterocycles. The zero-order valence-electron chi connectivity index (χ0n) is 32.6. The SMILES string of the molecule is CC1(C)c2ccccc2-c2ccc(N(c3ccc4c(c3)-c3c(-c5ccccc5)cccc3C43C4CC5CC(C4)CC3C5)c3ccc4c(c3)sc3ccccc34)cc21. The second-order valence-electron chi connectivity index (χ2n) is 18.5. The zero-order chi connectivity index (χ0) is 37.6. The highest BCUT2D eigenvalue weighted by Gasteiger charge is 2.61. The van der Waals surface area contributed by atoms with E-state index in [9.17, 15) is 0 Å². The highest BCUT2D eigenvalue weighted by atomic mass is 32.1. The zero-order valence-corrected chi connectivity index (χ0v) is 33.5. The van der Waals surface area contributed by atoms with Crippen LogP contribution in [0.5, 0.6) is 0 Å². The molecule has 57 heavy (non-hydrogen) atoms. The van der Waals surface area contributed by atoms with Crippen molar-refractivity contribution in [3.05, 3.63) is 174 Å². The van der Waals surface area contributed by atoms with E-state index < -0.39 is 0 Å². The van der Waals surface area contributed by atoms with Crippen molar-refractivity contribution in [2.45, 2.75) is 56.8 Å². The molecule has 2 heteroatoms. The maximum absolute atomic E-state index is 2.60. The van der Waals surface area contributed by atoms with E-state index >= 15 is 0 Å². The van der Waals surface area contributed by atoms with Gasteiger partial charge in [0.15, 0.2) is 0 Å². The summed E-state index contributed by atoms with van der Waals surface area (Å²) in [5, 5.41) is 2.68. The summed E-state index contributed by atoms with van der Waals surface area (Å²) in [7, 11) is 0. The Kier molecular flexibility index (Phi) is 6.63. The fourth-order valence-corrected chi connectivity index (χ4v) is 14.5. The Hall–Kier alpha value is -5.44. The van der Waals surface area contributed by atoms with Gasteiger partial charge < -0.3 is 4.90 Å². The van der Waals surface area contributed by atoms with Gasteiger partial charge in [-0.2, -0.15) is 0 Å². The first-order valence-corrected chi connectivity index (χ1v) is 22.1. The Bertz CT molecular complexity index is 2940. The number of thiophene rings is 1. The lowest BCUT2D eigenvalue weighted by Gasteiger charge is -2.61. The molecule has 0 radical (unpaired) electrons. The molecule has 7 aromatic carbocycles. The quantitative estimate of drug-likeness (QED) is 0.173. The standard InChI is InChI=1S/C55H45NS/c1-54(2)47-16-8-6-13-42(47)43-22-19-39(31-50(43)54)56(40-20-23-45-44-14-7-9-18-51(44)57-52(45)32-40)38-21-24-48-46(30-38)53-41(35-11-4-3-5-12-35)15-10-17-49(53)55(48)36-26-33-25-34(28-36)29-37(55)27-33/h3-24,30-34,36-37H,25-29H2,1-2H3. The fraction of sp³-hybridized carbons (Fsp3) is 0.236. The Morgan fingerprint density at radius 3 is 1.93 bits per heavy atom. The van der Waals surface area contributed by atoms with Crippen molar-refractivity contribution in [3.63, 3.8) is 0 Å². The summed E-state index contributed by atoms with van der Waals surface area (Å²) < 4.78 is 2.68. The maximum atomic E-state index is 2.60. The maximum Gasteiger partial charge on any atom is 0.0476 e. The van der Waals surface area contributed by atoms with Crippen molar-refractivity contribution in [2.75, 3.05) is 4.90 Å². The minimum absolute atomic E-state index is 0.0870. The van der Waals surface area contributed by atoms with Crippen molar-refractivity contribution < 1.29 is 0 Å². The van der Waals surface area contributed by atoms with Crippen LogP contribution in [0.1, 0.15) is 68.2 Å². The van der Waals surface area contributed by atoms with E-state index in [1.165, 1.54) is 114 Å². The molecular weight excluding hydrogens is 707 g/mol. The van der Waals surface area contributed by atoms with Crippen molar-refractivity contribution in [1.82, 2.24) is 0 Å². The average molecular weight is 752 g/mol. The van der Waals surface area contributed by atoms with Crippen molar-refractivity contribution in [1.29, 1.82) is 0 Å². The van der Waals surface area contributed by atoms with E-state index in [0.29, 0.717) is 0 Å². The second-order valence-corrected chi connectivity index (χ2v) is 19.6. The number of anilines is 3. The molecule has 6 aliphatic rings. The molecule has 276 valence electrons. The molecular formula is C55H45NS. The molecule has 0 saturated heterocycles. The van der Waals surface area contributed by atoms with Crippen LogP contribution in [-0.2, 0) is 10.8 Å². The van der Waals surface area contributed by atoms with E-state index in [1.807, 2.05) is 11.3 Å². The Balaban J connectivity index is 1.06. The molecule has 4 saturated carbocycles. The molecule has 8 aromatic rings. The van der Waals surface area contributed by atoms with E-state index in [2.05, 4.69) is 170 Å². The monoisotopic (exact) mass is 751 g/mol. The molecule has 1 spiro atoms. The van der Waals surface area contributed by atoms with Crippen LogP contribution in [-0.4, -0.2) is 0 Å². The van der Waals surface area contributed by atoms with Crippen molar-refractivity contribution >= 4 is 48.6 Å². The molecule has 0 atom stereocenters. The first-order valence-electron chi connectivity index (χ1n) is 21.3. The van der Waals surface area contributed by atoms with Gasteiger partial charge in [-0.15, -0.1) is 11.3 Å². The molecule has 14 rings (SSSR count). The largest absolute Gasteiger partial charge is 0.310 e. The number of nitrogens with zero attached hydrogens (tertiary/aromatic N) is 1. The van der Waals surface area contributed by atoms with Crippen LogP contribution in [0.25, 0.3) is 53.6 Å². The first-order chi connectivity index (χ1) is 28.0. The second kappa shape index (κ2) is 11.6. The minimum Gasteiger partial charge on any atom is -0.310 e. The van der Waals surface area contributed by atoms with Gasteiger partial charge in [-0.1, -0.05) is 123 Å². The lowest BCUT2D eigenvalue weighted by atomic mass is 9.43. The van der Waals surface area contributed by atoms with Crippen LogP contribution >= 0.6 is 11.3 Å². The molecule has 6 aliphatic carbocycles. The van der Waals surface area contributed by atoms with Crippen LogP contribution in [0, 0.1) is 23.7 Å². The average Bonchev–Trinajstić information content (AvgIpc) is 3.83. The van der Waals surface area contributed by atoms with Gasteiger partial charge in [0.1, 0.15) is 0 Å². The van der Waals surface area contributed by atoms with E-state index in [0.717, 1.165) is 23.7 Å². The van der Waals surface area contributed by atoms with Gasteiger partial charge in [-0.05, 0) is 154 Å². The van der Waals surface area contributed by atoms with Crippen LogP contribution in [0.4, 0.5) is 17.1 Å². The third-order valence-corrected chi connectivity index (χ3v) is 16.6. The first kappa shape index (κ1) is 32.6. The van der Waals surface area contributed by atoms with Gasteiger partial charge in [-0.25, -0.2) is 0 Å². The molecule has 4 bridgehead atoms. The van der Waals surface area contributed by atoms with Gasteiger partial charge in [0.05, 0.1) is 0 Å². The number of fused-ring (bicyclic) bond motifs is 9. The topological polar surface area (TPSA) is 3.24 Å². The van der Waals surface area contributed by atoms with Crippen LogP contribution in [0.3, 0.4) is 0 Å². The smallest absolute Gasteiger partial charge is 0.0476 e. The Labute approximate surface area is 339 Å². The predicted octanol–water partition coefficient (Wildman–Crippen LogP) is 15.2. The summed E-state index contributed by atoms with van der Waals surface area (Å²) in [4.78, 5) is 2.57. The minimum atomic E-state index is -0.0870. The summed E-state index contributed by atoms with van der Waals surface area (Å²) in [6.07, 6.45) is 7.01.